The third kappa shape index (κ3) is 2.90. The molecule has 0 saturated carbocycles. The fourth-order valence-corrected chi connectivity index (χ4v) is 4.90. The van der Waals surface area contributed by atoms with Gasteiger partial charge in [-0.15, -0.1) is 22.7 Å². The molecule has 2 aromatic heterocycles. The minimum Gasteiger partial charge on any atom is -0.478 e. The Morgan fingerprint density at radius 1 is 1.29 bits per heavy atom. The summed E-state index contributed by atoms with van der Waals surface area (Å²) in [5.41, 5.74) is 1.72. The second-order valence-electron chi connectivity index (χ2n) is 4.81. The first-order chi connectivity index (χ1) is 10.1. The first kappa shape index (κ1) is 14.7. The van der Waals surface area contributed by atoms with Gasteiger partial charge in [-0.1, -0.05) is 0 Å². The molecule has 0 bridgehead atoms. The molecule has 0 fully saturated rings. The number of amides is 1. The maximum atomic E-state index is 12.2. The lowest BCUT2D eigenvalue weighted by atomic mass is 9.95. The Labute approximate surface area is 137 Å². The zero-order chi connectivity index (χ0) is 15.0. The minimum atomic E-state index is -0.962. The number of rotatable bonds is 3. The lowest BCUT2D eigenvalue weighted by molar-refractivity contribution is 0.0697. The number of thiophene rings is 2. The van der Waals surface area contributed by atoms with Crippen molar-refractivity contribution in [1.82, 2.24) is 0 Å². The fraction of sp³-hybridized carbons (Fsp3) is 0.286. The molecule has 110 valence electrons. The third-order valence-electron chi connectivity index (χ3n) is 3.44. The molecule has 0 spiro atoms. The Hall–Kier alpha value is -1.18. The standard InChI is InChI=1S/C14H12BrNO3S2/c15-10-5-7(6-20-10)12(17)16-13-11(14(18)19)8-3-1-2-4-9(8)21-13/h5-6H,1-4H2,(H,16,17)(H,18,19). The molecule has 0 aliphatic heterocycles. The van der Waals surface area contributed by atoms with Gasteiger partial charge in [0.2, 0.25) is 0 Å². The molecule has 4 nitrogen and oxygen atoms in total. The van der Waals surface area contributed by atoms with E-state index in [1.54, 1.807) is 11.4 Å². The second-order valence-corrected chi connectivity index (χ2v) is 8.21. The molecule has 2 heterocycles. The average Bonchev–Trinajstić information content (AvgIpc) is 3.01. The molecule has 0 atom stereocenters. The van der Waals surface area contributed by atoms with E-state index in [4.69, 9.17) is 0 Å². The summed E-state index contributed by atoms with van der Waals surface area (Å²) in [7, 11) is 0. The van der Waals surface area contributed by atoms with E-state index in [-0.39, 0.29) is 11.5 Å². The van der Waals surface area contributed by atoms with Gasteiger partial charge >= 0.3 is 5.97 Å². The number of nitrogens with one attached hydrogen (secondary N) is 1. The highest BCUT2D eigenvalue weighted by Crippen LogP contribution is 2.38. The summed E-state index contributed by atoms with van der Waals surface area (Å²) in [4.78, 5) is 24.8. The van der Waals surface area contributed by atoms with E-state index in [9.17, 15) is 14.7 Å². The molecular formula is C14H12BrNO3S2. The van der Waals surface area contributed by atoms with Crippen LogP contribution in [0.2, 0.25) is 0 Å². The van der Waals surface area contributed by atoms with Gasteiger partial charge in [0, 0.05) is 10.3 Å². The quantitative estimate of drug-likeness (QED) is 0.822. The van der Waals surface area contributed by atoms with E-state index in [0.717, 1.165) is 39.9 Å². The second kappa shape index (κ2) is 5.90. The number of aromatic carboxylic acids is 1. The van der Waals surface area contributed by atoms with Crippen molar-refractivity contribution >= 4 is 55.5 Å². The normalized spacial score (nSPS) is 13.8. The topological polar surface area (TPSA) is 66.4 Å². The van der Waals surface area contributed by atoms with Crippen molar-refractivity contribution in [1.29, 1.82) is 0 Å². The van der Waals surface area contributed by atoms with Gasteiger partial charge in [0.1, 0.15) is 5.00 Å². The van der Waals surface area contributed by atoms with Crippen LogP contribution >= 0.6 is 38.6 Å². The molecular weight excluding hydrogens is 374 g/mol. The summed E-state index contributed by atoms with van der Waals surface area (Å²) >= 11 is 6.14. The van der Waals surface area contributed by atoms with Gasteiger partial charge in [-0.05, 0) is 53.2 Å². The van der Waals surface area contributed by atoms with Crippen LogP contribution in [0.5, 0.6) is 0 Å². The number of fused-ring (bicyclic) bond motifs is 1. The Morgan fingerprint density at radius 2 is 2.05 bits per heavy atom. The molecule has 2 N–H and O–H groups in total. The van der Waals surface area contributed by atoms with E-state index >= 15 is 0 Å². The largest absolute Gasteiger partial charge is 0.478 e. The van der Waals surface area contributed by atoms with Gasteiger partial charge in [0.15, 0.2) is 0 Å². The summed E-state index contributed by atoms with van der Waals surface area (Å²) in [5.74, 6) is -1.23. The smallest absolute Gasteiger partial charge is 0.339 e. The van der Waals surface area contributed by atoms with Crippen molar-refractivity contribution in [2.75, 3.05) is 5.32 Å². The highest BCUT2D eigenvalue weighted by molar-refractivity contribution is 9.11. The van der Waals surface area contributed by atoms with Crippen LogP contribution in [0.15, 0.2) is 15.2 Å². The van der Waals surface area contributed by atoms with Gasteiger partial charge in [-0.25, -0.2) is 4.79 Å². The van der Waals surface area contributed by atoms with Crippen molar-refractivity contribution < 1.29 is 14.7 Å². The number of carboxylic acids is 1. The first-order valence-electron chi connectivity index (χ1n) is 6.49. The molecule has 0 radical (unpaired) electrons. The maximum Gasteiger partial charge on any atom is 0.339 e. The molecule has 1 aliphatic rings. The number of aryl methyl sites for hydroxylation is 1. The number of anilines is 1. The van der Waals surface area contributed by atoms with E-state index in [0.29, 0.717) is 10.6 Å². The highest BCUT2D eigenvalue weighted by atomic mass is 79.9. The van der Waals surface area contributed by atoms with Crippen LogP contribution in [0.1, 0.15) is 44.0 Å². The molecule has 0 unspecified atom stereocenters. The van der Waals surface area contributed by atoms with Crippen molar-refractivity contribution in [2.45, 2.75) is 25.7 Å². The molecule has 2 aromatic rings. The van der Waals surface area contributed by atoms with Crippen LogP contribution in [-0.2, 0) is 12.8 Å². The molecule has 1 aliphatic carbocycles. The molecule has 0 saturated heterocycles. The third-order valence-corrected chi connectivity index (χ3v) is 6.15. The van der Waals surface area contributed by atoms with Crippen molar-refractivity contribution in [3.8, 4) is 0 Å². The van der Waals surface area contributed by atoms with Crippen LogP contribution in [0.25, 0.3) is 0 Å². The summed E-state index contributed by atoms with van der Waals surface area (Å²) in [5, 5.41) is 14.4. The van der Waals surface area contributed by atoms with Gasteiger partial charge in [-0.2, -0.15) is 0 Å². The number of hydrogen-bond donors (Lipinski definition) is 2. The van der Waals surface area contributed by atoms with Crippen LogP contribution in [-0.4, -0.2) is 17.0 Å². The zero-order valence-corrected chi connectivity index (χ0v) is 14.2. The molecule has 3 rings (SSSR count). The van der Waals surface area contributed by atoms with E-state index in [1.165, 1.54) is 22.7 Å². The van der Waals surface area contributed by atoms with Crippen LogP contribution in [0.4, 0.5) is 5.00 Å². The van der Waals surface area contributed by atoms with E-state index in [1.807, 2.05) is 0 Å². The van der Waals surface area contributed by atoms with E-state index < -0.39 is 5.97 Å². The van der Waals surface area contributed by atoms with Crippen molar-refractivity contribution in [3.63, 3.8) is 0 Å². The van der Waals surface area contributed by atoms with Gasteiger partial charge in [0.05, 0.1) is 14.9 Å². The molecule has 21 heavy (non-hydrogen) atoms. The van der Waals surface area contributed by atoms with Crippen molar-refractivity contribution in [2.24, 2.45) is 0 Å². The van der Waals surface area contributed by atoms with Gasteiger partial charge in [-0.3, -0.25) is 4.79 Å². The summed E-state index contributed by atoms with van der Waals surface area (Å²) < 4.78 is 0.872. The van der Waals surface area contributed by atoms with Crippen molar-refractivity contribution in [3.05, 3.63) is 36.8 Å². The molecule has 1 amide bonds. The fourth-order valence-electron chi connectivity index (χ4n) is 2.48. The lowest BCUT2D eigenvalue weighted by Crippen LogP contribution is -2.13. The van der Waals surface area contributed by atoms with Crippen LogP contribution in [0, 0.1) is 0 Å². The van der Waals surface area contributed by atoms with E-state index in [2.05, 4.69) is 21.2 Å². The monoisotopic (exact) mass is 385 g/mol. The van der Waals surface area contributed by atoms with Crippen LogP contribution < -0.4 is 5.32 Å². The number of carbonyl (C=O) groups is 2. The predicted octanol–water partition coefficient (Wildman–Crippen LogP) is 4.40. The van der Waals surface area contributed by atoms with Gasteiger partial charge < -0.3 is 10.4 Å². The zero-order valence-electron chi connectivity index (χ0n) is 10.9. The number of halogens is 1. The highest BCUT2D eigenvalue weighted by Gasteiger charge is 2.26. The SMILES string of the molecule is O=C(Nc1sc2c(c1C(=O)O)CCCC2)c1csc(Br)c1. The minimum absolute atomic E-state index is 0.266. The maximum absolute atomic E-state index is 12.2. The Morgan fingerprint density at radius 3 is 2.71 bits per heavy atom. The summed E-state index contributed by atoms with van der Waals surface area (Å²) in [6.45, 7) is 0. The Bertz CT molecular complexity index is 720. The summed E-state index contributed by atoms with van der Waals surface area (Å²) in [6, 6.07) is 1.73. The van der Waals surface area contributed by atoms with Crippen LogP contribution in [0.3, 0.4) is 0 Å². The average molecular weight is 386 g/mol. The molecule has 0 aromatic carbocycles. The Kier molecular flexibility index (Phi) is 4.14. The first-order valence-corrected chi connectivity index (χ1v) is 8.98. The molecule has 7 heteroatoms. The van der Waals surface area contributed by atoms with Gasteiger partial charge in [0.25, 0.3) is 5.91 Å². The number of hydrogen-bond acceptors (Lipinski definition) is 4. The summed E-state index contributed by atoms with van der Waals surface area (Å²) in [6.07, 6.45) is 3.78. The Balaban J connectivity index is 1.93. The predicted molar refractivity (Wildman–Crippen MR) is 87.9 cm³/mol. The number of carboxylic acid groups (broad SMARTS) is 1. The lowest BCUT2D eigenvalue weighted by Gasteiger charge is -2.10. The number of carbonyl (C=O) groups excluding carboxylic acids is 1.